The summed E-state index contributed by atoms with van der Waals surface area (Å²) in [5, 5.41) is 12.5. The van der Waals surface area contributed by atoms with Crippen LogP contribution < -0.4 is 16.0 Å². The van der Waals surface area contributed by atoms with Crippen molar-refractivity contribution in [3.8, 4) is 11.1 Å². The van der Waals surface area contributed by atoms with Crippen LogP contribution in [0.4, 0.5) is 4.79 Å². The summed E-state index contributed by atoms with van der Waals surface area (Å²) in [6.45, 7) is -0.200. The maximum atomic E-state index is 13.2. The van der Waals surface area contributed by atoms with E-state index in [9.17, 15) is 14.4 Å². The molecule has 2 heterocycles. The van der Waals surface area contributed by atoms with E-state index in [0.29, 0.717) is 16.3 Å². The average molecular weight is 458 g/mol. The monoisotopic (exact) mass is 457 g/mol. The fourth-order valence-corrected chi connectivity index (χ4v) is 3.99. The lowest BCUT2D eigenvalue weighted by molar-refractivity contribution is -0.124. The van der Waals surface area contributed by atoms with Crippen molar-refractivity contribution in [2.75, 3.05) is 6.54 Å². The number of urea groups is 1. The highest BCUT2D eigenvalue weighted by molar-refractivity contribution is 6.34. The van der Waals surface area contributed by atoms with Gasteiger partial charge in [-0.25, -0.2) is 4.79 Å². The Morgan fingerprint density at radius 3 is 2.48 bits per heavy atom. The standard InChI is InChI=1S/C21H17Cl2N5O3/c1-28-16(9-10-25-28)21(19(30)26-20(31)27-21)11-24-18(29)17-14(3-2-4-15(17)23)12-5-7-13(22)8-6-12/h2-10H,11H2,1H3,(H,24,29)(H2,26,27,30,31). The van der Waals surface area contributed by atoms with E-state index in [0.717, 1.165) is 5.56 Å². The Balaban J connectivity index is 1.67. The van der Waals surface area contributed by atoms with Crippen LogP contribution >= 0.6 is 23.2 Å². The van der Waals surface area contributed by atoms with Crippen LogP contribution in [0.1, 0.15) is 16.1 Å². The number of hydrogen-bond acceptors (Lipinski definition) is 4. The van der Waals surface area contributed by atoms with Crippen LogP contribution in [0, 0.1) is 0 Å². The lowest BCUT2D eigenvalue weighted by atomic mass is 9.94. The van der Waals surface area contributed by atoms with Crippen LogP contribution in [0.2, 0.25) is 10.0 Å². The van der Waals surface area contributed by atoms with Crippen molar-refractivity contribution in [3.63, 3.8) is 0 Å². The van der Waals surface area contributed by atoms with E-state index in [1.165, 1.54) is 10.9 Å². The molecule has 0 bridgehead atoms. The van der Waals surface area contributed by atoms with Crippen molar-refractivity contribution < 1.29 is 14.4 Å². The highest BCUT2D eigenvalue weighted by Crippen LogP contribution is 2.31. The molecule has 1 unspecified atom stereocenters. The SMILES string of the molecule is Cn1nccc1C1(CNC(=O)c2c(Cl)cccc2-c2ccc(Cl)cc2)NC(=O)NC1=O. The van der Waals surface area contributed by atoms with Gasteiger partial charge in [-0.15, -0.1) is 0 Å². The summed E-state index contributed by atoms with van der Waals surface area (Å²) < 4.78 is 1.46. The normalized spacial score (nSPS) is 17.9. The summed E-state index contributed by atoms with van der Waals surface area (Å²) in [5.74, 6) is -1.08. The van der Waals surface area contributed by atoms with Crippen molar-refractivity contribution in [2.45, 2.75) is 5.54 Å². The molecule has 158 valence electrons. The lowest BCUT2D eigenvalue weighted by Crippen LogP contribution is -2.53. The zero-order valence-corrected chi connectivity index (χ0v) is 17.8. The number of imide groups is 1. The van der Waals surface area contributed by atoms with Crippen LogP contribution in [0.3, 0.4) is 0 Å². The summed E-state index contributed by atoms with van der Waals surface area (Å²) >= 11 is 12.3. The molecule has 0 aliphatic carbocycles. The van der Waals surface area contributed by atoms with Gasteiger partial charge in [0.15, 0.2) is 5.54 Å². The number of rotatable bonds is 5. The summed E-state index contributed by atoms with van der Waals surface area (Å²) in [6, 6.07) is 13.1. The van der Waals surface area contributed by atoms with Gasteiger partial charge in [0.05, 0.1) is 22.8 Å². The van der Waals surface area contributed by atoms with E-state index in [-0.39, 0.29) is 17.1 Å². The van der Waals surface area contributed by atoms with Crippen molar-refractivity contribution in [1.29, 1.82) is 0 Å². The molecule has 1 fully saturated rings. The van der Waals surface area contributed by atoms with Crippen molar-refractivity contribution in [3.05, 3.63) is 76.0 Å². The van der Waals surface area contributed by atoms with Gasteiger partial charge >= 0.3 is 6.03 Å². The molecular weight excluding hydrogens is 441 g/mol. The molecule has 3 N–H and O–H groups in total. The third-order valence-corrected chi connectivity index (χ3v) is 5.68. The number of nitrogens with zero attached hydrogens (tertiary/aromatic N) is 2. The summed E-state index contributed by atoms with van der Waals surface area (Å²) in [4.78, 5) is 37.7. The van der Waals surface area contributed by atoms with Gasteiger partial charge in [-0.1, -0.05) is 47.5 Å². The van der Waals surface area contributed by atoms with Crippen molar-refractivity contribution >= 4 is 41.0 Å². The highest BCUT2D eigenvalue weighted by Gasteiger charge is 2.50. The Hall–Kier alpha value is -3.36. The van der Waals surface area contributed by atoms with Crippen LogP contribution in [0.25, 0.3) is 11.1 Å². The van der Waals surface area contributed by atoms with Gasteiger partial charge in [0, 0.05) is 18.3 Å². The van der Waals surface area contributed by atoms with E-state index in [1.54, 1.807) is 55.6 Å². The van der Waals surface area contributed by atoms with Crippen molar-refractivity contribution in [1.82, 2.24) is 25.7 Å². The van der Waals surface area contributed by atoms with E-state index < -0.39 is 23.4 Å². The van der Waals surface area contributed by atoms with Crippen LogP contribution in [0.5, 0.6) is 0 Å². The largest absolute Gasteiger partial charge is 0.349 e. The zero-order chi connectivity index (χ0) is 22.2. The van der Waals surface area contributed by atoms with Gasteiger partial charge in [-0.3, -0.25) is 19.6 Å². The molecule has 4 rings (SSSR count). The lowest BCUT2D eigenvalue weighted by Gasteiger charge is -2.26. The number of halogens is 2. The number of amides is 4. The molecule has 2 aromatic carbocycles. The number of aromatic nitrogens is 2. The van der Waals surface area contributed by atoms with E-state index in [1.807, 2.05) is 0 Å². The molecule has 0 saturated carbocycles. The third-order valence-electron chi connectivity index (χ3n) is 5.11. The summed E-state index contributed by atoms with van der Waals surface area (Å²) in [6.07, 6.45) is 1.50. The zero-order valence-electron chi connectivity index (χ0n) is 16.3. The fraction of sp³-hybridized carbons (Fsp3) is 0.143. The van der Waals surface area contributed by atoms with Gasteiger partial charge in [-0.05, 0) is 35.4 Å². The first-order chi connectivity index (χ1) is 14.8. The van der Waals surface area contributed by atoms with Crippen molar-refractivity contribution in [2.24, 2.45) is 7.05 Å². The molecular formula is C21H17Cl2N5O3. The fourth-order valence-electron chi connectivity index (χ4n) is 3.61. The van der Waals surface area contributed by atoms with Crippen LogP contribution in [-0.2, 0) is 17.4 Å². The van der Waals surface area contributed by atoms with Gasteiger partial charge in [-0.2, -0.15) is 5.10 Å². The minimum Gasteiger partial charge on any atom is -0.349 e. The second-order valence-corrected chi connectivity index (χ2v) is 7.85. The number of aryl methyl sites for hydroxylation is 1. The first-order valence-electron chi connectivity index (χ1n) is 9.26. The maximum Gasteiger partial charge on any atom is 0.322 e. The van der Waals surface area contributed by atoms with E-state index in [2.05, 4.69) is 21.0 Å². The molecule has 8 nitrogen and oxygen atoms in total. The van der Waals surface area contributed by atoms with Gasteiger partial charge in [0.1, 0.15) is 0 Å². The molecule has 1 atom stereocenters. The van der Waals surface area contributed by atoms with Gasteiger partial charge in [0.25, 0.3) is 11.8 Å². The molecule has 0 spiro atoms. The number of nitrogens with one attached hydrogen (secondary N) is 3. The second-order valence-electron chi connectivity index (χ2n) is 7.01. The van der Waals surface area contributed by atoms with Gasteiger partial charge in [0.2, 0.25) is 0 Å². The van der Waals surface area contributed by atoms with Crippen LogP contribution in [0.15, 0.2) is 54.7 Å². The van der Waals surface area contributed by atoms with Gasteiger partial charge < -0.3 is 10.6 Å². The second kappa shape index (κ2) is 8.05. The third kappa shape index (κ3) is 3.75. The number of benzene rings is 2. The molecule has 4 amide bonds. The predicted molar refractivity (Wildman–Crippen MR) is 116 cm³/mol. The highest BCUT2D eigenvalue weighted by atomic mass is 35.5. The average Bonchev–Trinajstić information content (AvgIpc) is 3.29. The number of carbonyl (C=O) groups is 3. The molecule has 1 aliphatic rings. The predicted octanol–water partition coefficient (Wildman–Crippen LogP) is 2.86. The van der Waals surface area contributed by atoms with E-state index in [4.69, 9.17) is 23.2 Å². The Kier molecular flexibility index (Phi) is 5.43. The minimum absolute atomic E-state index is 0.200. The first-order valence-corrected chi connectivity index (χ1v) is 10.0. The first kappa shape index (κ1) is 20.9. The topological polar surface area (TPSA) is 105 Å². The van der Waals surface area contributed by atoms with E-state index >= 15 is 0 Å². The molecule has 3 aromatic rings. The quantitative estimate of drug-likeness (QED) is 0.512. The molecule has 10 heteroatoms. The summed E-state index contributed by atoms with van der Waals surface area (Å²) in [7, 11) is 1.64. The molecule has 1 aromatic heterocycles. The Morgan fingerprint density at radius 1 is 1.13 bits per heavy atom. The Bertz CT molecular complexity index is 1190. The minimum atomic E-state index is -1.50. The number of carbonyl (C=O) groups excluding carboxylic acids is 3. The smallest absolute Gasteiger partial charge is 0.322 e. The Labute approximate surface area is 187 Å². The molecule has 1 saturated heterocycles. The molecule has 1 aliphatic heterocycles. The molecule has 0 radical (unpaired) electrons. The number of hydrogen-bond donors (Lipinski definition) is 3. The Morgan fingerprint density at radius 2 is 1.87 bits per heavy atom. The van der Waals surface area contributed by atoms with Crippen LogP contribution in [-0.4, -0.2) is 34.2 Å². The summed E-state index contributed by atoms with van der Waals surface area (Å²) in [5.41, 5.74) is 0.533. The molecule has 31 heavy (non-hydrogen) atoms. The maximum absolute atomic E-state index is 13.2.